The summed E-state index contributed by atoms with van der Waals surface area (Å²) in [4.78, 5) is -0.471. The van der Waals surface area contributed by atoms with E-state index in [2.05, 4.69) is 15.9 Å². The Labute approximate surface area is 66.2 Å². The molecule has 0 aromatic heterocycles. The Morgan fingerprint density at radius 1 is 1.29 bits per heavy atom. The van der Waals surface area contributed by atoms with Gasteiger partial charge in [-0.3, -0.25) is 0 Å². The Bertz CT molecular complexity index is 47.4. The average Bonchev–Trinajstić information content (AvgIpc) is 1.65. The minimum absolute atomic E-state index is 0.177. The van der Waals surface area contributed by atoms with Gasteiger partial charge in [-0.2, -0.15) is 0 Å². The molecule has 0 aromatic rings. The highest BCUT2D eigenvalue weighted by Crippen LogP contribution is 2.15. The summed E-state index contributed by atoms with van der Waals surface area (Å²) in [6.45, 7) is 0. The Morgan fingerprint density at radius 3 is 1.71 bits per heavy atom. The van der Waals surface area contributed by atoms with E-state index in [-0.39, 0.29) is 5.38 Å². The van der Waals surface area contributed by atoms with Crippen LogP contribution in [0.1, 0.15) is 0 Å². The molecule has 0 N–H and O–H groups in total. The number of hydrogen-bond donors (Lipinski definition) is 0. The van der Waals surface area contributed by atoms with Crippen molar-refractivity contribution in [3.63, 3.8) is 0 Å². The Morgan fingerprint density at radius 2 is 1.71 bits per heavy atom. The molecule has 1 unspecified atom stereocenters. The number of halogens is 4. The van der Waals surface area contributed by atoms with Gasteiger partial charge < -0.3 is 0 Å². The predicted molar refractivity (Wildman–Crippen MR) is 38.9 cm³/mol. The van der Waals surface area contributed by atoms with E-state index in [1.54, 1.807) is 0 Å². The molecule has 4 heteroatoms. The first-order valence-corrected chi connectivity index (χ1v) is 4.09. The first-order valence-electron chi connectivity index (χ1n) is 1.66. The van der Waals surface area contributed by atoms with Crippen LogP contribution in [0.15, 0.2) is 0 Å². The van der Waals surface area contributed by atoms with Crippen molar-refractivity contribution in [2.75, 3.05) is 5.33 Å². The number of hydrogen-bond acceptors (Lipinski definition) is 0. The highest BCUT2D eigenvalue weighted by molar-refractivity contribution is 9.09. The van der Waals surface area contributed by atoms with Crippen molar-refractivity contribution in [3.8, 4) is 0 Å². The van der Waals surface area contributed by atoms with E-state index in [1.807, 2.05) is 0 Å². The second kappa shape index (κ2) is 4.25. The van der Waals surface area contributed by atoms with Gasteiger partial charge in [-0.1, -0.05) is 15.9 Å². The van der Waals surface area contributed by atoms with Crippen LogP contribution in [0.2, 0.25) is 0 Å². The molecule has 0 saturated heterocycles. The molecule has 0 aliphatic heterocycles. The van der Waals surface area contributed by atoms with Crippen LogP contribution >= 0.6 is 50.7 Å². The van der Waals surface area contributed by atoms with Gasteiger partial charge in [-0.25, -0.2) is 0 Å². The van der Waals surface area contributed by atoms with Crippen LogP contribution in [-0.4, -0.2) is 15.5 Å². The van der Waals surface area contributed by atoms with Crippen LogP contribution < -0.4 is 0 Å². The van der Waals surface area contributed by atoms with Crippen molar-refractivity contribution in [2.24, 2.45) is 0 Å². The summed E-state index contributed by atoms with van der Waals surface area (Å²) in [5.41, 5.74) is 0. The molecule has 0 spiro atoms. The van der Waals surface area contributed by atoms with Crippen molar-refractivity contribution in [2.45, 2.75) is 10.2 Å². The van der Waals surface area contributed by atoms with Gasteiger partial charge in [0.1, 0.15) is 4.84 Å². The van der Waals surface area contributed by atoms with E-state index in [1.165, 1.54) is 0 Å². The van der Waals surface area contributed by atoms with Crippen LogP contribution in [0.4, 0.5) is 0 Å². The third kappa shape index (κ3) is 3.89. The van der Waals surface area contributed by atoms with Gasteiger partial charge in [0.25, 0.3) is 0 Å². The van der Waals surface area contributed by atoms with Crippen LogP contribution in [0.25, 0.3) is 0 Å². The lowest BCUT2D eigenvalue weighted by Crippen LogP contribution is -2.08. The maximum absolute atomic E-state index is 5.49. The van der Waals surface area contributed by atoms with Crippen LogP contribution in [0.3, 0.4) is 0 Å². The van der Waals surface area contributed by atoms with Crippen molar-refractivity contribution >= 4 is 50.7 Å². The van der Waals surface area contributed by atoms with Crippen molar-refractivity contribution in [1.29, 1.82) is 0 Å². The van der Waals surface area contributed by atoms with Gasteiger partial charge in [-0.15, -0.1) is 34.8 Å². The molecular weight excluding hydrogens is 222 g/mol. The third-order valence-electron chi connectivity index (χ3n) is 0.421. The van der Waals surface area contributed by atoms with Crippen molar-refractivity contribution < 1.29 is 0 Å². The summed E-state index contributed by atoms with van der Waals surface area (Å²) in [6.07, 6.45) is 0. The van der Waals surface area contributed by atoms with E-state index in [4.69, 9.17) is 34.8 Å². The highest BCUT2D eigenvalue weighted by atomic mass is 79.9. The zero-order chi connectivity index (χ0) is 5.86. The topological polar surface area (TPSA) is 0 Å². The minimum atomic E-state index is -0.471. The molecule has 0 saturated carbocycles. The lowest BCUT2D eigenvalue weighted by Gasteiger charge is -2.02. The van der Waals surface area contributed by atoms with Crippen molar-refractivity contribution in [1.82, 2.24) is 0 Å². The summed E-state index contributed by atoms with van der Waals surface area (Å²) < 4.78 is 0. The number of rotatable bonds is 2. The lowest BCUT2D eigenvalue weighted by molar-refractivity contribution is 1.07. The van der Waals surface area contributed by atoms with Crippen LogP contribution in [0, 0.1) is 0 Å². The van der Waals surface area contributed by atoms with Crippen LogP contribution in [-0.2, 0) is 0 Å². The Kier molecular flexibility index (Phi) is 5.07. The fourth-order valence-corrected chi connectivity index (χ4v) is 1.05. The second-order valence-corrected chi connectivity index (χ2v) is 3.38. The van der Waals surface area contributed by atoms with E-state index in [0.29, 0.717) is 5.33 Å². The summed E-state index contributed by atoms with van der Waals surface area (Å²) in [6, 6.07) is 0. The third-order valence-corrected chi connectivity index (χ3v) is 2.76. The molecule has 0 fully saturated rings. The Hall–Kier alpha value is 1.35. The second-order valence-electron chi connectivity index (χ2n) is 1.00. The van der Waals surface area contributed by atoms with Gasteiger partial charge in [0.2, 0.25) is 0 Å². The lowest BCUT2D eigenvalue weighted by atomic mass is 10.6. The minimum Gasteiger partial charge on any atom is -0.119 e. The molecule has 0 aliphatic rings. The summed E-state index contributed by atoms with van der Waals surface area (Å²) in [5.74, 6) is 0. The predicted octanol–water partition coefficient (Wildman–Crippen LogP) is 2.79. The molecular formula is C3H4BrCl3. The molecule has 0 nitrogen and oxygen atoms in total. The molecule has 0 amide bonds. The van der Waals surface area contributed by atoms with Gasteiger partial charge in [0, 0.05) is 5.33 Å². The monoisotopic (exact) mass is 224 g/mol. The molecule has 44 valence electrons. The summed E-state index contributed by atoms with van der Waals surface area (Å²) in [7, 11) is 0. The largest absolute Gasteiger partial charge is 0.124 e. The zero-order valence-electron chi connectivity index (χ0n) is 3.37. The Balaban J connectivity index is 3.14. The van der Waals surface area contributed by atoms with Gasteiger partial charge in [-0.05, 0) is 0 Å². The smallest absolute Gasteiger partial charge is 0.119 e. The molecule has 7 heavy (non-hydrogen) atoms. The van der Waals surface area contributed by atoms with E-state index >= 15 is 0 Å². The van der Waals surface area contributed by atoms with Gasteiger partial charge >= 0.3 is 0 Å². The van der Waals surface area contributed by atoms with E-state index in [9.17, 15) is 0 Å². The average molecular weight is 226 g/mol. The quantitative estimate of drug-likeness (QED) is 0.635. The molecule has 0 aliphatic carbocycles. The molecule has 0 aromatic carbocycles. The molecule has 0 radical (unpaired) electrons. The first-order chi connectivity index (χ1) is 3.18. The SMILES string of the molecule is ClC(Cl)C(Cl)CBr. The van der Waals surface area contributed by atoms with Crippen LogP contribution in [0.5, 0.6) is 0 Å². The zero-order valence-corrected chi connectivity index (χ0v) is 7.23. The first kappa shape index (κ1) is 8.35. The van der Waals surface area contributed by atoms with Crippen molar-refractivity contribution in [3.05, 3.63) is 0 Å². The van der Waals surface area contributed by atoms with E-state index in [0.717, 1.165) is 0 Å². The molecule has 1 atom stereocenters. The van der Waals surface area contributed by atoms with Gasteiger partial charge in [0.05, 0.1) is 5.38 Å². The fourth-order valence-electron chi connectivity index (χ4n) is 0.0673. The standard InChI is InChI=1S/C3H4BrCl3/c4-1-2(5)3(6)7/h2-3H,1H2. The molecule has 0 rings (SSSR count). The van der Waals surface area contributed by atoms with Gasteiger partial charge in [0.15, 0.2) is 0 Å². The highest BCUT2D eigenvalue weighted by Gasteiger charge is 2.10. The summed E-state index contributed by atoms with van der Waals surface area (Å²) >= 11 is 19.3. The maximum Gasteiger partial charge on any atom is 0.124 e. The molecule has 0 heterocycles. The fraction of sp³-hybridized carbons (Fsp3) is 1.00. The van der Waals surface area contributed by atoms with E-state index < -0.39 is 4.84 Å². The summed E-state index contributed by atoms with van der Waals surface area (Å²) in [5, 5.41) is 0.454. The molecule has 0 bridgehead atoms. The maximum atomic E-state index is 5.49. The normalized spacial score (nSPS) is 15.0. The number of alkyl halides is 4.